The molecule has 0 saturated carbocycles. The van der Waals surface area contributed by atoms with Crippen molar-refractivity contribution in [1.82, 2.24) is 0 Å². The van der Waals surface area contributed by atoms with E-state index >= 15 is 0 Å². The lowest BCUT2D eigenvalue weighted by atomic mass is 9.85. The second-order valence-electron chi connectivity index (χ2n) is 9.61. The fraction of sp³-hybridized carbons (Fsp3) is 0.0857. The summed E-state index contributed by atoms with van der Waals surface area (Å²) < 4.78 is 0. The molecule has 0 fully saturated rings. The lowest BCUT2D eigenvalue weighted by molar-refractivity contribution is 0.936. The van der Waals surface area contributed by atoms with E-state index in [2.05, 4.69) is 121 Å². The first kappa shape index (κ1) is 20.2. The van der Waals surface area contributed by atoms with Crippen LogP contribution in [0.1, 0.15) is 24.8 Å². The summed E-state index contributed by atoms with van der Waals surface area (Å²) in [5.41, 5.74) is 8.08. The molecule has 0 nitrogen and oxygen atoms in total. The van der Waals surface area contributed by atoms with Crippen molar-refractivity contribution >= 4 is 37.9 Å². The van der Waals surface area contributed by atoms with Gasteiger partial charge in [0.1, 0.15) is 0 Å². The van der Waals surface area contributed by atoms with Crippen molar-refractivity contribution in [3.8, 4) is 22.3 Å². The molecule has 35 heavy (non-hydrogen) atoms. The standard InChI is InChI=1S/C35H26/c1-2-10-24(11-3-1)26-18-19-28-23-29(21-20-27(28)22-26)35-32-16-8-6-14-30(32)34(25-12-4-5-13-25)31-15-7-9-17-33(31)35/h1-3,6-12,14-23H,4-5,13H2. The fourth-order valence-corrected chi connectivity index (χ4v) is 5.89. The van der Waals surface area contributed by atoms with Crippen LogP contribution in [0.3, 0.4) is 0 Å². The van der Waals surface area contributed by atoms with Crippen LogP contribution in [0.4, 0.5) is 0 Å². The van der Waals surface area contributed by atoms with Crippen LogP contribution in [-0.2, 0) is 0 Å². The van der Waals surface area contributed by atoms with Gasteiger partial charge in [-0.15, -0.1) is 0 Å². The zero-order valence-electron chi connectivity index (χ0n) is 19.7. The van der Waals surface area contributed by atoms with Crippen molar-refractivity contribution in [2.24, 2.45) is 0 Å². The number of hydrogen-bond acceptors (Lipinski definition) is 0. The van der Waals surface area contributed by atoms with Crippen molar-refractivity contribution in [3.05, 3.63) is 127 Å². The molecule has 0 N–H and O–H groups in total. The van der Waals surface area contributed by atoms with Gasteiger partial charge >= 0.3 is 0 Å². The Morgan fingerprint density at radius 1 is 0.429 bits per heavy atom. The van der Waals surface area contributed by atoms with Crippen molar-refractivity contribution in [2.45, 2.75) is 19.3 Å². The first-order valence-electron chi connectivity index (χ1n) is 12.6. The molecule has 0 aliphatic heterocycles. The van der Waals surface area contributed by atoms with E-state index in [4.69, 9.17) is 0 Å². The van der Waals surface area contributed by atoms with Gasteiger partial charge in [0.2, 0.25) is 0 Å². The molecule has 0 bridgehead atoms. The molecule has 0 heterocycles. The minimum Gasteiger partial charge on any atom is -0.0807 e. The van der Waals surface area contributed by atoms with E-state index in [9.17, 15) is 0 Å². The number of rotatable bonds is 3. The Bertz CT molecular complexity index is 1700. The van der Waals surface area contributed by atoms with Crippen molar-refractivity contribution in [2.75, 3.05) is 0 Å². The van der Waals surface area contributed by atoms with Crippen molar-refractivity contribution in [1.29, 1.82) is 0 Å². The Balaban J connectivity index is 1.48. The van der Waals surface area contributed by atoms with Crippen LogP contribution in [0.5, 0.6) is 0 Å². The summed E-state index contributed by atoms with van der Waals surface area (Å²) in [5.74, 6) is 0. The van der Waals surface area contributed by atoms with Gasteiger partial charge in [0.15, 0.2) is 0 Å². The van der Waals surface area contributed by atoms with Crippen LogP contribution in [0, 0.1) is 0 Å². The fourth-order valence-electron chi connectivity index (χ4n) is 5.89. The Morgan fingerprint density at radius 3 is 1.57 bits per heavy atom. The van der Waals surface area contributed by atoms with Crippen LogP contribution in [0.25, 0.3) is 60.1 Å². The summed E-state index contributed by atoms with van der Waals surface area (Å²) in [4.78, 5) is 0. The molecule has 1 aliphatic carbocycles. The highest BCUT2D eigenvalue weighted by atomic mass is 14.2. The van der Waals surface area contributed by atoms with Crippen molar-refractivity contribution in [3.63, 3.8) is 0 Å². The molecule has 0 amide bonds. The predicted octanol–water partition coefficient (Wildman–Crippen LogP) is 10.0. The zero-order chi connectivity index (χ0) is 23.2. The molecule has 0 heteroatoms. The number of allylic oxidation sites excluding steroid dienone is 2. The van der Waals surface area contributed by atoms with Crippen LogP contribution in [-0.4, -0.2) is 0 Å². The summed E-state index contributed by atoms with van der Waals surface area (Å²) in [6, 6.07) is 42.4. The van der Waals surface area contributed by atoms with E-state index in [1.165, 1.54) is 85.0 Å². The van der Waals surface area contributed by atoms with E-state index in [1.807, 2.05) is 0 Å². The van der Waals surface area contributed by atoms with Crippen molar-refractivity contribution < 1.29 is 0 Å². The third-order valence-electron chi connectivity index (χ3n) is 7.53. The molecular formula is C35H26. The van der Waals surface area contributed by atoms with E-state index in [1.54, 1.807) is 0 Å². The highest BCUT2D eigenvalue weighted by molar-refractivity contribution is 6.19. The van der Waals surface area contributed by atoms with Gasteiger partial charge in [-0.1, -0.05) is 109 Å². The third-order valence-corrected chi connectivity index (χ3v) is 7.53. The van der Waals surface area contributed by atoms with Gasteiger partial charge in [-0.3, -0.25) is 0 Å². The van der Waals surface area contributed by atoms with Gasteiger partial charge in [-0.05, 0) is 97.1 Å². The molecule has 0 spiro atoms. The Morgan fingerprint density at radius 2 is 0.971 bits per heavy atom. The maximum absolute atomic E-state index is 2.45. The first-order valence-corrected chi connectivity index (χ1v) is 12.6. The Labute approximate surface area is 206 Å². The van der Waals surface area contributed by atoms with Crippen LogP contribution >= 0.6 is 0 Å². The van der Waals surface area contributed by atoms with Gasteiger partial charge in [0, 0.05) is 0 Å². The van der Waals surface area contributed by atoms with Gasteiger partial charge in [-0.2, -0.15) is 0 Å². The Hall–Kier alpha value is -4.16. The maximum Gasteiger partial charge on any atom is -0.00262 e. The van der Waals surface area contributed by atoms with E-state index < -0.39 is 0 Å². The summed E-state index contributed by atoms with van der Waals surface area (Å²) in [5, 5.41) is 7.97. The second kappa shape index (κ2) is 8.25. The average molecular weight is 447 g/mol. The monoisotopic (exact) mass is 446 g/mol. The van der Waals surface area contributed by atoms with E-state index in [-0.39, 0.29) is 0 Å². The largest absolute Gasteiger partial charge is 0.0807 e. The highest BCUT2D eigenvalue weighted by Gasteiger charge is 2.19. The lowest BCUT2D eigenvalue weighted by Crippen LogP contribution is -1.93. The smallest absolute Gasteiger partial charge is 0.00262 e. The molecule has 6 aromatic carbocycles. The normalized spacial score (nSPS) is 13.5. The summed E-state index contributed by atoms with van der Waals surface area (Å²) in [6.07, 6.45) is 6.08. The summed E-state index contributed by atoms with van der Waals surface area (Å²) >= 11 is 0. The van der Waals surface area contributed by atoms with Crippen LogP contribution in [0.15, 0.2) is 121 Å². The van der Waals surface area contributed by atoms with E-state index in [0.717, 1.165) is 0 Å². The zero-order valence-corrected chi connectivity index (χ0v) is 19.7. The molecule has 7 rings (SSSR count). The summed E-state index contributed by atoms with van der Waals surface area (Å²) in [7, 11) is 0. The molecule has 0 saturated heterocycles. The quantitative estimate of drug-likeness (QED) is 0.237. The predicted molar refractivity (Wildman–Crippen MR) is 152 cm³/mol. The van der Waals surface area contributed by atoms with Gasteiger partial charge in [0.25, 0.3) is 0 Å². The van der Waals surface area contributed by atoms with Gasteiger partial charge in [0.05, 0.1) is 0 Å². The maximum atomic E-state index is 2.45. The molecule has 0 aromatic heterocycles. The molecule has 1 aliphatic rings. The van der Waals surface area contributed by atoms with E-state index in [0.29, 0.717) is 0 Å². The number of fused-ring (bicyclic) bond motifs is 3. The molecule has 0 atom stereocenters. The molecule has 166 valence electrons. The number of hydrogen-bond donors (Lipinski definition) is 0. The number of benzene rings is 6. The third kappa shape index (κ3) is 3.37. The lowest BCUT2D eigenvalue weighted by Gasteiger charge is -2.18. The van der Waals surface area contributed by atoms with Crippen LogP contribution in [0.2, 0.25) is 0 Å². The topological polar surface area (TPSA) is 0 Å². The molecule has 6 aromatic rings. The van der Waals surface area contributed by atoms with Gasteiger partial charge < -0.3 is 0 Å². The minimum atomic E-state index is 1.17. The Kier molecular flexibility index (Phi) is 4.77. The minimum absolute atomic E-state index is 1.17. The highest BCUT2D eigenvalue weighted by Crippen LogP contribution is 2.44. The average Bonchev–Trinajstić information content (AvgIpc) is 3.46. The molecule has 0 unspecified atom stereocenters. The SMILES string of the molecule is C1=C(c2c3ccccc3c(-c3ccc4cc(-c5ccccc5)ccc4c3)c3ccccc23)CCC1. The molecular weight excluding hydrogens is 420 g/mol. The first-order chi connectivity index (χ1) is 17.4. The summed E-state index contributed by atoms with van der Waals surface area (Å²) in [6.45, 7) is 0. The molecule has 0 radical (unpaired) electrons. The van der Waals surface area contributed by atoms with Gasteiger partial charge in [-0.25, -0.2) is 0 Å². The second-order valence-corrected chi connectivity index (χ2v) is 9.61. The van der Waals surface area contributed by atoms with Crippen LogP contribution < -0.4 is 0 Å².